The minimum absolute atomic E-state index is 0.0556. The van der Waals surface area contributed by atoms with Gasteiger partial charge in [-0.1, -0.05) is 42.5 Å². The number of carbonyl (C=O) groups excluding carboxylic acids is 1. The van der Waals surface area contributed by atoms with Crippen molar-refractivity contribution in [3.05, 3.63) is 72.3 Å². The molecule has 0 spiro atoms. The normalized spacial score (nSPS) is 16.2. The van der Waals surface area contributed by atoms with Gasteiger partial charge in [-0.15, -0.1) is 10.2 Å². The second-order valence-electron chi connectivity index (χ2n) is 7.50. The quantitative estimate of drug-likeness (QED) is 0.681. The number of carbonyl (C=O) groups is 1. The third-order valence-electron chi connectivity index (χ3n) is 5.44. The van der Waals surface area contributed by atoms with E-state index < -0.39 is 0 Å². The number of piperidine rings is 1. The van der Waals surface area contributed by atoms with Crippen LogP contribution in [0.2, 0.25) is 0 Å². The predicted octanol–water partition coefficient (Wildman–Crippen LogP) is 3.69. The van der Waals surface area contributed by atoms with E-state index in [1.165, 1.54) is 0 Å². The van der Waals surface area contributed by atoms with Gasteiger partial charge >= 0.3 is 0 Å². The average molecular weight is 402 g/mol. The molecule has 2 aromatic carbocycles. The van der Waals surface area contributed by atoms with Crippen LogP contribution >= 0.6 is 0 Å². The summed E-state index contributed by atoms with van der Waals surface area (Å²) < 4.78 is 5.25. The van der Waals surface area contributed by atoms with Gasteiger partial charge in [-0.25, -0.2) is 0 Å². The molecule has 1 N–H and O–H groups in total. The molecule has 0 bridgehead atoms. The Morgan fingerprint density at radius 2 is 1.97 bits per heavy atom. The van der Waals surface area contributed by atoms with Crippen LogP contribution < -0.4 is 15.0 Å². The van der Waals surface area contributed by atoms with Crippen LogP contribution in [0.25, 0.3) is 11.3 Å². The largest absolute Gasteiger partial charge is 0.497 e. The van der Waals surface area contributed by atoms with Gasteiger partial charge in [0.2, 0.25) is 5.91 Å². The second-order valence-corrected chi connectivity index (χ2v) is 7.50. The Labute approximate surface area is 176 Å². The lowest BCUT2D eigenvalue weighted by molar-refractivity contribution is -0.125. The maximum absolute atomic E-state index is 12.7. The zero-order valence-electron chi connectivity index (χ0n) is 17.1. The molecular weight excluding hydrogens is 376 g/mol. The average Bonchev–Trinajstić information content (AvgIpc) is 2.83. The van der Waals surface area contributed by atoms with Crippen LogP contribution in [0, 0.1) is 5.92 Å². The first-order valence-electron chi connectivity index (χ1n) is 10.3. The zero-order valence-corrected chi connectivity index (χ0v) is 17.1. The number of methoxy groups -OCH3 is 1. The number of rotatable bonds is 6. The SMILES string of the molecule is COc1cccc(CNC(=O)C2CCCN(c3ccc(-c4ccccc4)nn3)C2)c1. The van der Waals surface area contributed by atoms with Crippen molar-refractivity contribution in [2.75, 3.05) is 25.1 Å². The van der Waals surface area contributed by atoms with E-state index in [2.05, 4.69) is 20.4 Å². The molecule has 0 radical (unpaired) electrons. The number of nitrogens with one attached hydrogen (secondary N) is 1. The fraction of sp³-hybridized carbons (Fsp3) is 0.292. The number of benzene rings is 2. The van der Waals surface area contributed by atoms with E-state index in [1.807, 2.05) is 66.7 Å². The first-order chi connectivity index (χ1) is 14.7. The molecule has 1 aliphatic heterocycles. The van der Waals surface area contributed by atoms with Gasteiger partial charge in [0.25, 0.3) is 0 Å². The van der Waals surface area contributed by atoms with Crippen molar-refractivity contribution in [1.29, 1.82) is 0 Å². The molecule has 6 heteroatoms. The van der Waals surface area contributed by atoms with Crippen molar-refractivity contribution in [2.24, 2.45) is 5.92 Å². The van der Waals surface area contributed by atoms with Gasteiger partial charge < -0.3 is 15.0 Å². The van der Waals surface area contributed by atoms with Crippen LogP contribution in [0.4, 0.5) is 5.82 Å². The number of hydrogen-bond donors (Lipinski definition) is 1. The zero-order chi connectivity index (χ0) is 20.8. The summed E-state index contributed by atoms with van der Waals surface area (Å²) in [6.07, 6.45) is 1.84. The van der Waals surface area contributed by atoms with E-state index >= 15 is 0 Å². The lowest BCUT2D eigenvalue weighted by Crippen LogP contribution is -2.43. The smallest absolute Gasteiger partial charge is 0.225 e. The van der Waals surface area contributed by atoms with Crippen molar-refractivity contribution in [3.8, 4) is 17.0 Å². The number of amides is 1. The van der Waals surface area contributed by atoms with Gasteiger partial charge in [0.05, 0.1) is 18.7 Å². The first-order valence-corrected chi connectivity index (χ1v) is 10.3. The first kappa shape index (κ1) is 19.9. The summed E-state index contributed by atoms with van der Waals surface area (Å²) in [6, 6.07) is 21.7. The number of aromatic nitrogens is 2. The van der Waals surface area contributed by atoms with E-state index in [0.29, 0.717) is 13.1 Å². The summed E-state index contributed by atoms with van der Waals surface area (Å²) in [6.45, 7) is 2.04. The standard InChI is InChI=1S/C24H26N4O2/c1-30-21-11-5-7-18(15-21)16-25-24(29)20-10-6-14-28(17-20)23-13-12-22(26-27-23)19-8-3-2-4-9-19/h2-5,7-9,11-13,15,20H,6,10,14,16-17H2,1H3,(H,25,29). The monoisotopic (exact) mass is 402 g/mol. The molecule has 1 fully saturated rings. The van der Waals surface area contributed by atoms with E-state index in [-0.39, 0.29) is 11.8 Å². The van der Waals surface area contributed by atoms with Gasteiger partial charge in [-0.05, 0) is 42.7 Å². The summed E-state index contributed by atoms with van der Waals surface area (Å²) in [5.41, 5.74) is 2.92. The Hall–Kier alpha value is -3.41. The molecule has 1 aromatic heterocycles. The molecule has 1 amide bonds. The minimum Gasteiger partial charge on any atom is -0.497 e. The van der Waals surface area contributed by atoms with Gasteiger partial charge in [-0.3, -0.25) is 4.79 Å². The Morgan fingerprint density at radius 3 is 2.73 bits per heavy atom. The van der Waals surface area contributed by atoms with Crippen LogP contribution in [0.1, 0.15) is 18.4 Å². The highest BCUT2D eigenvalue weighted by molar-refractivity contribution is 5.79. The van der Waals surface area contributed by atoms with E-state index in [9.17, 15) is 4.79 Å². The van der Waals surface area contributed by atoms with Crippen LogP contribution in [0.3, 0.4) is 0 Å². The van der Waals surface area contributed by atoms with Crippen LogP contribution in [0.5, 0.6) is 5.75 Å². The Kier molecular flexibility index (Phi) is 6.23. The summed E-state index contributed by atoms with van der Waals surface area (Å²) in [5.74, 6) is 1.64. The molecule has 0 saturated carbocycles. The maximum atomic E-state index is 12.7. The summed E-state index contributed by atoms with van der Waals surface area (Å²) in [4.78, 5) is 14.9. The number of hydrogen-bond acceptors (Lipinski definition) is 5. The molecule has 3 aromatic rings. The fourth-order valence-corrected chi connectivity index (χ4v) is 3.77. The molecule has 1 saturated heterocycles. The van der Waals surface area contributed by atoms with Crippen LogP contribution in [-0.2, 0) is 11.3 Å². The van der Waals surface area contributed by atoms with E-state index in [1.54, 1.807) is 7.11 Å². The summed E-state index contributed by atoms with van der Waals surface area (Å²) in [5, 5.41) is 11.9. The molecule has 1 unspecified atom stereocenters. The van der Waals surface area contributed by atoms with Crippen molar-refractivity contribution >= 4 is 11.7 Å². The van der Waals surface area contributed by atoms with Crippen LogP contribution in [-0.4, -0.2) is 36.3 Å². The second kappa shape index (κ2) is 9.39. The van der Waals surface area contributed by atoms with Gasteiger partial charge in [-0.2, -0.15) is 0 Å². The molecule has 154 valence electrons. The predicted molar refractivity (Wildman–Crippen MR) is 117 cm³/mol. The Bertz CT molecular complexity index is 976. The molecular formula is C24H26N4O2. The summed E-state index contributed by atoms with van der Waals surface area (Å²) >= 11 is 0. The highest BCUT2D eigenvalue weighted by Gasteiger charge is 2.26. The van der Waals surface area contributed by atoms with E-state index in [4.69, 9.17) is 4.74 Å². The third-order valence-corrected chi connectivity index (χ3v) is 5.44. The van der Waals surface area contributed by atoms with Crippen molar-refractivity contribution in [3.63, 3.8) is 0 Å². The molecule has 30 heavy (non-hydrogen) atoms. The van der Waals surface area contributed by atoms with Crippen molar-refractivity contribution < 1.29 is 9.53 Å². The summed E-state index contributed by atoms with van der Waals surface area (Å²) in [7, 11) is 1.64. The van der Waals surface area contributed by atoms with Crippen LogP contribution in [0.15, 0.2) is 66.7 Å². The fourth-order valence-electron chi connectivity index (χ4n) is 3.77. The highest BCUT2D eigenvalue weighted by Crippen LogP contribution is 2.23. The topological polar surface area (TPSA) is 67.3 Å². The Morgan fingerprint density at radius 1 is 1.10 bits per heavy atom. The van der Waals surface area contributed by atoms with Crippen molar-refractivity contribution in [2.45, 2.75) is 19.4 Å². The molecule has 0 aliphatic carbocycles. The van der Waals surface area contributed by atoms with Gasteiger partial charge in [0, 0.05) is 25.2 Å². The molecule has 6 nitrogen and oxygen atoms in total. The molecule has 4 rings (SSSR count). The lowest BCUT2D eigenvalue weighted by atomic mass is 9.97. The van der Waals surface area contributed by atoms with Gasteiger partial charge in [0.1, 0.15) is 5.75 Å². The molecule has 1 aliphatic rings. The number of nitrogens with zero attached hydrogens (tertiary/aromatic N) is 3. The minimum atomic E-state index is -0.0556. The maximum Gasteiger partial charge on any atom is 0.225 e. The highest BCUT2D eigenvalue weighted by atomic mass is 16.5. The number of anilines is 1. The molecule has 1 atom stereocenters. The van der Waals surface area contributed by atoms with Crippen molar-refractivity contribution in [1.82, 2.24) is 15.5 Å². The molecule has 2 heterocycles. The van der Waals surface area contributed by atoms with E-state index in [0.717, 1.165) is 47.8 Å². The third kappa shape index (κ3) is 4.76. The Balaban J connectivity index is 1.36. The van der Waals surface area contributed by atoms with Gasteiger partial charge in [0.15, 0.2) is 5.82 Å². The lowest BCUT2D eigenvalue weighted by Gasteiger charge is -2.32. The number of ether oxygens (including phenoxy) is 1.